The monoisotopic (exact) mass is 228 g/mol. The van der Waals surface area contributed by atoms with E-state index in [2.05, 4.69) is 15.5 Å². The van der Waals surface area contributed by atoms with Crippen molar-refractivity contribution in [2.24, 2.45) is 0 Å². The van der Waals surface area contributed by atoms with Crippen LogP contribution in [0.3, 0.4) is 0 Å². The summed E-state index contributed by atoms with van der Waals surface area (Å²) in [6.07, 6.45) is 0. The lowest BCUT2D eigenvalue weighted by Gasteiger charge is -2.13. The van der Waals surface area contributed by atoms with E-state index in [0.717, 1.165) is 0 Å². The molecule has 0 aliphatic carbocycles. The number of nitrogens with one attached hydrogen (secondary N) is 1. The van der Waals surface area contributed by atoms with Crippen molar-refractivity contribution in [3.05, 3.63) is 0 Å². The van der Waals surface area contributed by atoms with Gasteiger partial charge in [0.05, 0.1) is 0 Å². The van der Waals surface area contributed by atoms with Gasteiger partial charge in [-0.15, -0.1) is 10.2 Å². The van der Waals surface area contributed by atoms with Gasteiger partial charge >= 0.3 is 0 Å². The van der Waals surface area contributed by atoms with Gasteiger partial charge in [-0.3, -0.25) is 14.5 Å². The lowest BCUT2D eigenvalue weighted by molar-refractivity contribution is -0.116. The average molecular weight is 228 g/mol. The fourth-order valence-corrected chi connectivity index (χ4v) is 1.92. The number of rotatable bonds is 3. The number of hydrogen-bond acceptors (Lipinski definition) is 5. The number of carbonyl (C=O) groups excluding carboxylic acids is 2. The topological polar surface area (TPSA) is 75.2 Å². The second kappa shape index (κ2) is 4.83. The molecule has 1 rings (SSSR count). The van der Waals surface area contributed by atoms with Crippen LogP contribution in [0.25, 0.3) is 0 Å². The molecule has 0 bridgehead atoms. The number of amides is 2. The van der Waals surface area contributed by atoms with Gasteiger partial charge in [-0.2, -0.15) is 0 Å². The highest BCUT2D eigenvalue weighted by Crippen LogP contribution is 2.23. The second-order valence-electron chi connectivity index (χ2n) is 2.83. The van der Waals surface area contributed by atoms with E-state index in [-0.39, 0.29) is 11.8 Å². The number of nitrogens with zero attached hydrogens (tertiary/aromatic N) is 3. The highest BCUT2D eigenvalue weighted by Gasteiger charge is 2.14. The van der Waals surface area contributed by atoms with Crippen molar-refractivity contribution in [3.63, 3.8) is 0 Å². The second-order valence-corrected chi connectivity index (χ2v) is 3.79. The fraction of sp³-hybridized carbons (Fsp3) is 0.500. The molecule has 2 amide bonds. The van der Waals surface area contributed by atoms with Gasteiger partial charge in [-0.05, 0) is 6.92 Å². The molecule has 0 saturated carbocycles. The largest absolute Gasteiger partial charge is 0.301 e. The van der Waals surface area contributed by atoms with Gasteiger partial charge in [0.2, 0.25) is 22.1 Å². The highest BCUT2D eigenvalue weighted by atomic mass is 32.1. The van der Waals surface area contributed by atoms with Crippen molar-refractivity contribution in [3.8, 4) is 0 Å². The molecule has 0 aliphatic heterocycles. The number of anilines is 2. The lowest BCUT2D eigenvalue weighted by atomic mass is 10.5. The molecule has 0 radical (unpaired) electrons. The first-order chi connectivity index (χ1) is 7.04. The van der Waals surface area contributed by atoms with Gasteiger partial charge in [-0.25, -0.2) is 0 Å². The maximum Gasteiger partial charge on any atom is 0.225 e. The Bertz CT molecular complexity index is 376. The van der Waals surface area contributed by atoms with Crippen molar-refractivity contribution in [1.82, 2.24) is 10.2 Å². The quantitative estimate of drug-likeness (QED) is 0.832. The van der Waals surface area contributed by atoms with E-state index in [4.69, 9.17) is 0 Å². The van der Waals surface area contributed by atoms with Gasteiger partial charge < -0.3 is 5.32 Å². The summed E-state index contributed by atoms with van der Waals surface area (Å²) in [5, 5.41) is 11.0. The van der Waals surface area contributed by atoms with Crippen LogP contribution in [0.4, 0.5) is 10.3 Å². The molecule has 0 fully saturated rings. The Hall–Kier alpha value is -1.50. The Morgan fingerprint density at radius 1 is 1.40 bits per heavy atom. The first-order valence-corrected chi connectivity index (χ1v) is 5.25. The molecular formula is C8H12N4O2S. The third-order valence-corrected chi connectivity index (χ3v) is 2.49. The van der Waals surface area contributed by atoms with Crippen molar-refractivity contribution in [2.75, 3.05) is 16.8 Å². The SMILES string of the molecule is CCN(C(C)=O)c1nnc(NC(C)=O)s1. The predicted molar refractivity (Wildman–Crippen MR) is 57.9 cm³/mol. The smallest absolute Gasteiger partial charge is 0.225 e. The summed E-state index contributed by atoms with van der Waals surface area (Å²) in [5.41, 5.74) is 0. The summed E-state index contributed by atoms with van der Waals surface area (Å²) in [6.45, 7) is 5.23. The van der Waals surface area contributed by atoms with Gasteiger partial charge in [0.15, 0.2) is 0 Å². The minimum Gasteiger partial charge on any atom is -0.301 e. The molecule has 0 unspecified atom stereocenters. The van der Waals surface area contributed by atoms with Crippen LogP contribution in [0, 0.1) is 0 Å². The number of aromatic nitrogens is 2. The van der Waals surface area contributed by atoms with E-state index in [1.165, 1.54) is 30.1 Å². The Kier molecular flexibility index (Phi) is 3.73. The molecular weight excluding hydrogens is 216 g/mol. The first-order valence-electron chi connectivity index (χ1n) is 4.43. The van der Waals surface area contributed by atoms with Crippen LogP contribution < -0.4 is 10.2 Å². The van der Waals surface area contributed by atoms with Crippen LogP contribution in [0.1, 0.15) is 20.8 Å². The van der Waals surface area contributed by atoms with Crippen molar-refractivity contribution >= 4 is 33.4 Å². The molecule has 0 aliphatic rings. The molecule has 15 heavy (non-hydrogen) atoms. The van der Waals surface area contributed by atoms with E-state index in [1.54, 1.807) is 0 Å². The van der Waals surface area contributed by atoms with E-state index in [0.29, 0.717) is 16.8 Å². The zero-order chi connectivity index (χ0) is 11.4. The molecule has 6 nitrogen and oxygen atoms in total. The summed E-state index contributed by atoms with van der Waals surface area (Å²) in [7, 11) is 0. The van der Waals surface area contributed by atoms with E-state index in [9.17, 15) is 9.59 Å². The normalized spacial score (nSPS) is 9.80. The van der Waals surface area contributed by atoms with Gasteiger partial charge in [0.1, 0.15) is 0 Å². The minimum absolute atomic E-state index is 0.0944. The van der Waals surface area contributed by atoms with E-state index < -0.39 is 0 Å². The van der Waals surface area contributed by atoms with Crippen molar-refractivity contribution in [1.29, 1.82) is 0 Å². The van der Waals surface area contributed by atoms with E-state index >= 15 is 0 Å². The zero-order valence-electron chi connectivity index (χ0n) is 8.77. The number of hydrogen-bond donors (Lipinski definition) is 1. The highest BCUT2D eigenvalue weighted by molar-refractivity contribution is 7.19. The van der Waals surface area contributed by atoms with Gasteiger partial charge in [0, 0.05) is 20.4 Å². The molecule has 0 saturated heterocycles. The Labute approximate surface area is 91.3 Å². The molecule has 1 heterocycles. The Morgan fingerprint density at radius 3 is 2.53 bits per heavy atom. The zero-order valence-corrected chi connectivity index (χ0v) is 9.59. The lowest BCUT2D eigenvalue weighted by Crippen LogP contribution is -2.27. The number of carbonyl (C=O) groups is 2. The molecule has 1 aromatic rings. The van der Waals surface area contributed by atoms with Crippen LogP contribution in [0.5, 0.6) is 0 Å². The standard InChI is InChI=1S/C8H12N4O2S/c1-4-12(6(3)14)8-11-10-7(15-8)9-5(2)13/h4H2,1-3H3,(H,9,10,13). The Balaban J connectivity index is 2.82. The molecule has 1 aromatic heterocycles. The molecule has 82 valence electrons. The summed E-state index contributed by atoms with van der Waals surface area (Å²) >= 11 is 1.17. The molecule has 0 atom stereocenters. The van der Waals surface area contributed by atoms with Crippen molar-refractivity contribution in [2.45, 2.75) is 20.8 Å². The molecule has 0 aromatic carbocycles. The summed E-state index contributed by atoms with van der Waals surface area (Å²) in [5.74, 6) is -0.299. The molecule has 0 spiro atoms. The van der Waals surface area contributed by atoms with Gasteiger partial charge in [0.25, 0.3) is 0 Å². The first kappa shape index (κ1) is 11.6. The van der Waals surface area contributed by atoms with Crippen LogP contribution in [0.2, 0.25) is 0 Å². The van der Waals surface area contributed by atoms with Gasteiger partial charge in [-0.1, -0.05) is 11.3 Å². The van der Waals surface area contributed by atoms with Crippen LogP contribution in [-0.2, 0) is 9.59 Å². The third-order valence-electron chi connectivity index (χ3n) is 1.62. The summed E-state index contributed by atoms with van der Waals surface area (Å²) in [4.78, 5) is 23.4. The molecule has 7 heteroatoms. The third kappa shape index (κ3) is 2.98. The van der Waals surface area contributed by atoms with Crippen LogP contribution in [-0.4, -0.2) is 28.6 Å². The van der Waals surface area contributed by atoms with Crippen LogP contribution in [0.15, 0.2) is 0 Å². The maximum atomic E-state index is 11.2. The predicted octanol–water partition coefficient (Wildman–Crippen LogP) is 0.869. The summed E-state index contributed by atoms with van der Waals surface area (Å²) in [6, 6.07) is 0. The van der Waals surface area contributed by atoms with E-state index in [1.807, 2.05) is 6.92 Å². The summed E-state index contributed by atoms with van der Waals surface area (Å²) < 4.78 is 0. The molecule has 1 N–H and O–H groups in total. The average Bonchev–Trinajstić information content (AvgIpc) is 2.52. The maximum absolute atomic E-state index is 11.2. The Morgan fingerprint density at radius 2 is 2.07 bits per heavy atom. The minimum atomic E-state index is -0.205. The fourth-order valence-electron chi connectivity index (χ4n) is 1.02. The van der Waals surface area contributed by atoms with Crippen LogP contribution >= 0.6 is 11.3 Å². The van der Waals surface area contributed by atoms with Crippen molar-refractivity contribution < 1.29 is 9.59 Å².